The topological polar surface area (TPSA) is 87.7 Å². The van der Waals surface area contributed by atoms with Crippen LogP contribution in [0.3, 0.4) is 0 Å². The van der Waals surface area contributed by atoms with Crippen LogP contribution in [0.15, 0.2) is 0 Å². The standard InChI is InChI=1S/C10H18N2O4/c1-7(8(13)11-2)12-10(9(14)15)3-5-16-6-4-10/h7,12H,3-6H2,1-2H3,(H,11,13)(H,14,15). The quantitative estimate of drug-likeness (QED) is 0.597. The third kappa shape index (κ3) is 2.70. The molecule has 1 atom stereocenters. The molecule has 1 fully saturated rings. The molecule has 16 heavy (non-hydrogen) atoms. The van der Waals surface area contributed by atoms with Crippen LogP contribution in [-0.4, -0.2) is 48.8 Å². The lowest BCUT2D eigenvalue weighted by molar-refractivity contribution is -0.150. The van der Waals surface area contributed by atoms with E-state index in [0.29, 0.717) is 26.1 Å². The van der Waals surface area contributed by atoms with Gasteiger partial charge >= 0.3 is 5.97 Å². The number of amides is 1. The van der Waals surface area contributed by atoms with Crippen molar-refractivity contribution in [2.45, 2.75) is 31.3 Å². The molecule has 0 spiro atoms. The lowest BCUT2D eigenvalue weighted by Crippen LogP contribution is -2.60. The Balaban J connectivity index is 2.71. The van der Waals surface area contributed by atoms with Crippen LogP contribution in [0.4, 0.5) is 0 Å². The first-order valence-corrected chi connectivity index (χ1v) is 5.32. The minimum Gasteiger partial charge on any atom is -0.480 e. The van der Waals surface area contributed by atoms with Crippen LogP contribution >= 0.6 is 0 Å². The molecule has 0 aromatic rings. The van der Waals surface area contributed by atoms with E-state index in [1.165, 1.54) is 7.05 Å². The highest BCUT2D eigenvalue weighted by Gasteiger charge is 2.41. The summed E-state index contributed by atoms with van der Waals surface area (Å²) in [5, 5.41) is 14.6. The summed E-state index contributed by atoms with van der Waals surface area (Å²) < 4.78 is 5.14. The Bertz CT molecular complexity index is 274. The first-order chi connectivity index (χ1) is 7.52. The monoisotopic (exact) mass is 230 g/mol. The van der Waals surface area contributed by atoms with Crippen LogP contribution in [0.2, 0.25) is 0 Å². The number of ether oxygens (including phenoxy) is 1. The molecular weight excluding hydrogens is 212 g/mol. The molecule has 92 valence electrons. The number of hydrogen-bond donors (Lipinski definition) is 3. The minimum atomic E-state index is -1.04. The predicted octanol–water partition coefficient (Wildman–Crippen LogP) is -0.656. The van der Waals surface area contributed by atoms with Crippen molar-refractivity contribution in [3.05, 3.63) is 0 Å². The fraction of sp³-hybridized carbons (Fsp3) is 0.800. The number of likely N-dealkylation sites (N-methyl/N-ethyl adjacent to an activating group) is 1. The van der Waals surface area contributed by atoms with Crippen molar-refractivity contribution in [3.8, 4) is 0 Å². The molecule has 1 heterocycles. The van der Waals surface area contributed by atoms with Gasteiger partial charge in [-0.2, -0.15) is 0 Å². The molecule has 0 aliphatic carbocycles. The maximum Gasteiger partial charge on any atom is 0.324 e. The second-order valence-electron chi connectivity index (χ2n) is 3.98. The fourth-order valence-corrected chi connectivity index (χ4v) is 1.84. The lowest BCUT2D eigenvalue weighted by atomic mass is 9.89. The molecule has 0 radical (unpaired) electrons. The summed E-state index contributed by atoms with van der Waals surface area (Å²) in [6.07, 6.45) is 0.757. The summed E-state index contributed by atoms with van der Waals surface area (Å²) in [4.78, 5) is 22.6. The first kappa shape index (κ1) is 12.9. The average Bonchev–Trinajstić information content (AvgIpc) is 2.28. The van der Waals surface area contributed by atoms with Gasteiger partial charge in [-0.15, -0.1) is 0 Å². The molecule has 0 aromatic heterocycles. The van der Waals surface area contributed by atoms with E-state index >= 15 is 0 Å². The zero-order valence-corrected chi connectivity index (χ0v) is 9.58. The van der Waals surface area contributed by atoms with Crippen LogP contribution in [-0.2, 0) is 14.3 Å². The molecule has 6 nitrogen and oxygen atoms in total. The van der Waals surface area contributed by atoms with E-state index < -0.39 is 17.6 Å². The van der Waals surface area contributed by atoms with E-state index in [1.54, 1.807) is 6.92 Å². The van der Waals surface area contributed by atoms with Crippen molar-refractivity contribution in [2.75, 3.05) is 20.3 Å². The molecule has 3 N–H and O–H groups in total. The van der Waals surface area contributed by atoms with E-state index in [1.807, 2.05) is 0 Å². The zero-order valence-electron chi connectivity index (χ0n) is 9.58. The van der Waals surface area contributed by atoms with Crippen molar-refractivity contribution < 1.29 is 19.4 Å². The number of hydrogen-bond acceptors (Lipinski definition) is 4. The third-order valence-corrected chi connectivity index (χ3v) is 2.89. The number of carboxylic acids is 1. The highest BCUT2D eigenvalue weighted by atomic mass is 16.5. The lowest BCUT2D eigenvalue weighted by Gasteiger charge is -2.35. The van der Waals surface area contributed by atoms with Gasteiger partial charge in [0.05, 0.1) is 6.04 Å². The Morgan fingerprint density at radius 1 is 1.38 bits per heavy atom. The zero-order chi connectivity index (χ0) is 12.2. The maximum absolute atomic E-state index is 11.4. The van der Waals surface area contributed by atoms with Gasteiger partial charge in [0.1, 0.15) is 5.54 Å². The molecule has 0 aromatic carbocycles. The molecule has 6 heteroatoms. The van der Waals surface area contributed by atoms with E-state index in [2.05, 4.69) is 10.6 Å². The molecule has 1 aliphatic rings. The number of rotatable bonds is 4. The second-order valence-corrected chi connectivity index (χ2v) is 3.98. The van der Waals surface area contributed by atoms with Gasteiger partial charge in [-0.1, -0.05) is 0 Å². The molecule has 1 rings (SSSR count). The van der Waals surface area contributed by atoms with Crippen LogP contribution in [0.25, 0.3) is 0 Å². The summed E-state index contributed by atoms with van der Waals surface area (Å²) >= 11 is 0. The highest BCUT2D eigenvalue weighted by Crippen LogP contribution is 2.21. The van der Waals surface area contributed by atoms with Gasteiger partial charge in [-0.05, 0) is 19.8 Å². The summed E-state index contributed by atoms with van der Waals surface area (Å²) in [6.45, 7) is 2.46. The molecule has 1 amide bonds. The molecule has 1 unspecified atom stereocenters. The van der Waals surface area contributed by atoms with Crippen LogP contribution in [0, 0.1) is 0 Å². The Labute approximate surface area is 94.3 Å². The van der Waals surface area contributed by atoms with Gasteiger partial charge < -0.3 is 15.2 Å². The van der Waals surface area contributed by atoms with Gasteiger partial charge in [0.15, 0.2) is 0 Å². The van der Waals surface area contributed by atoms with Crippen molar-refractivity contribution in [1.82, 2.24) is 10.6 Å². The van der Waals surface area contributed by atoms with Crippen molar-refractivity contribution in [3.63, 3.8) is 0 Å². The Hall–Kier alpha value is -1.14. The number of nitrogens with one attached hydrogen (secondary N) is 2. The number of carbonyl (C=O) groups excluding carboxylic acids is 1. The van der Waals surface area contributed by atoms with E-state index in [0.717, 1.165) is 0 Å². The minimum absolute atomic E-state index is 0.216. The number of carbonyl (C=O) groups is 2. The van der Waals surface area contributed by atoms with E-state index in [4.69, 9.17) is 4.74 Å². The Morgan fingerprint density at radius 3 is 2.38 bits per heavy atom. The van der Waals surface area contributed by atoms with Gasteiger partial charge in [0, 0.05) is 20.3 Å². The molecule has 1 saturated heterocycles. The van der Waals surface area contributed by atoms with Crippen molar-refractivity contribution >= 4 is 11.9 Å². The molecule has 0 bridgehead atoms. The Morgan fingerprint density at radius 2 is 1.94 bits per heavy atom. The van der Waals surface area contributed by atoms with Gasteiger partial charge in [-0.25, -0.2) is 0 Å². The van der Waals surface area contributed by atoms with Gasteiger partial charge in [-0.3, -0.25) is 14.9 Å². The van der Waals surface area contributed by atoms with Crippen molar-refractivity contribution in [1.29, 1.82) is 0 Å². The number of carboxylic acid groups (broad SMARTS) is 1. The summed E-state index contributed by atoms with van der Waals surface area (Å²) in [5.74, 6) is -1.14. The van der Waals surface area contributed by atoms with Crippen LogP contribution in [0.1, 0.15) is 19.8 Å². The van der Waals surface area contributed by atoms with Crippen LogP contribution < -0.4 is 10.6 Å². The molecule has 0 saturated carbocycles. The van der Waals surface area contributed by atoms with E-state index in [9.17, 15) is 14.7 Å². The summed E-state index contributed by atoms with van der Waals surface area (Å²) in [6, 6.07) is -0.529. The average molecular weight is 230 g/mol. The Kier molecular flexibility index (Phi) is 4.26. The fourth-order valence-electron chi connectivity index (χ4n) is 1.84. The largest absolute Gasteiger partial charge is 0.480 e. The van der Waals surface area contributed by atoms with Gasteiger partial charge in [0.25, 0.3) is 0 Å². The molecular formula is C10H18N2O4. The smallest absolute Gasteiger partial charge is 0.324 e. The summed E-state index contributed by atoms with van der Waals surface area (Å²) in [5.41, 5.74) is -1.04. The number of aliphatic carboxylic acids is 1. The molecule has 1 aliphatic heterocycles. The van der Waals surface area contributed by atoms with E-state index in [-0.39, 0.29) is 5.91 Å². The maximum atomic E-state index is 11.4. The summed E-state index contributed by atoms with van der Waals surface area (Å²) in [7, 11) is 1.53. The normalized spacial score (nSPS) is 21.1. The second kappa shape index (κ2) is 5.27. The SMILES string of the molecule is CNC(=O)C(C)NC1(C(=O)O)CCOCC1. The third-order valence-electron chi connectivity index (χ3n) is 2.89. The van der Waals surface area contributed by atoms with Crippen LogP contribution in [0.5, 0.6) is 0 Å². The van der Waals surface area contributed by atoms with Gasteiger partial charge in [0.2, 0.25) is 5.91 Å². The first-order valence-electron chi connectivity index (χ1n) is 5.32. The van der Waals surface area contributed by atoms with Crippen molar-refractivity contribution in [2.24, 2.45) is 0 Å². The predicted molar refractivity (Wildman–Crippen MR) is 57.1 cm³/mol. The highest BCUT2D eigenvalue weighted by molar-refractivity contribution is 5.84.